The van der Waals surface area contributed by atoms with Crippen molar-refractivity contribution in [2.45, 2.75) is 38.4 Å². The number of aromatic nitrogens is 2. The highest BCUT2D eigenvalue weighted by Gasteiger charge is 2.32. The summed E-state index contributed by atoms with van der Waals surface area (Å²) in [4.78, 5) is 33.8. The third-order valence-corrected chi connectivity index (χ3v) is 6.45. The van der Waals surface area contributed by atoms with Crippen LogP contribution in [0.4, 0.5) is 24.5 Å². The maximum atomic E-state index is 13.2. The number of aromatic amines is 1. The van der Waals surface area contributed by atoms with Gasteiger partial charge in [0.25, 0.3) is 5.91 Å². The number of benzene rings is 1. The molecule has 3 heterocycles. The van der Waals surface area contributed by atoms with Crippen molar-refractivity contribution in [3.8, 4) is 11.5 Å². The Bertz CT molecular complexity index is 1340. The number of aliphatic hydroxyl groups is 1. The van der Waals surface area contributed by atoms with E-state index in [1.807, 2.05) is 13.0 Å². The standard InChI is InChI=1S/C26H30F3N5O5/c1-3-17-19(31-18-6-4-5-7-20(18)38-2)12-16-23(39-14-26(27,28)29)22(33-24(16)32-17)25(37)30-15-8-10-34(11-9-15)21(36)13-35/h4-7,12,15,31,35H,3,8-11,13-14H2,1-2H3,(H,30,37)(H,32,33). The van der Waals surface area contributed by atoms with Crippen LogP contribution in [-0.2, 0) is 11.2 Å². The Morgan fingerprint density at radius 1 is 1.21 bits per heavy atom. The quantitative estimate of drug-likeness (QED) is 0.321. The molecule has 39 heavy (non-hydrogen) atoms. The second-order valence-electron chi connectivity index (χ2n) is 9.08. The van der Waals surface area contributed by atoms with Gasteiger partial charge >= 0.3 is 6.18 Å². The molecule has 0 radical (unpaired) electrons. The topological polar surface area (TPSA) is 129 Å². The zero-order valence-electron chi connectivity index (χ0n) is 21.5. The Morgan fingerprint density at radius 2 is 1.92 bits per heavy atom. The number of methoxy groups -OCH3 is 1. The van der Waals surface area contributed by atoms with E-state index in [0.29, 0.717) is 55.2 Å². The Morgan fingerprint density at radius 3 is 2.56 bits per heavy atom. The van der Waals surface area contributed by atoms with Gasteiger partial charge in [-0.3, -0.25) is 9.59 Å². The molecule has 1 aliphatic rings. The van der Waals surface area contributed by atoms with E-state index < -0.39 is 31.2 Å². The summed E-state index contributed by atoms with van der Waals surface area (Å²) < 4.78 is 49.9. The van der Waals surface area contributed by atoms with Gasteiger partial charge in [0, 0.05) is 19.1 Å². The normalized spacial score (nSPS) is 14.4. The average Bonchev–Trinajstić information content (AvgIpc) is 3.28. The second-order valence-corrected chi connectivity index (χ2v) is 9.08. The van der Waals surface area contributed by atoms with E-state index in [9.17, 15) is 22.8 Å². The lowest BCUT2D eigenvalue weighted by Gasteiger charge is -2.32. The maximum Gasteiger partial charge on any atom is 0.422 e. The number of H-pyrrole nitrogens is 1. The van der Waals surface area contributed by atoms with Crippen LogP contribution in [0.3, 0.4) is 0 Å². The summed E-state index contributed by atoms with van der Waals surface area (Å²) in [5, 5.41) is 15.3. The largest absolute Gasteiger partial charge is 0.495 e. The van der Waals surface area contributed by atoms with E-state index in [2.05, 4.69) is 20.6 Å². The molecule has 0 saturated carbocycles. The molecule has 0 aliphatic carbocycles. The van der Waals surface area contributed by atoms with Crippen molar-refractivity contribution < 1.29 is 37.3 Å². The van der Waals surface area contributed by atoms with Gasteiger partial charge in [-0.15, -0.1) is 0 Å². The minimum atomic E-state index is -4.63. The first-order valence-corrected chi connectivity index (χ1v) is 12.5. The van der Waals surface area contributed by atoms with Gasteiger partial charge < -0.3 is 35.1 Å². The molecule has 1 aliphatic heterocycles. The summed E-state index contributed by atoms with van der Waals surface area (Å²) in [5.41, 5.74) is 1.81. The van der Waals surface area contributed by atoms with Crippen LogP contribution in [0.5, 0.6) is 11.5 Å². The van der Waals surface area contributed by atoms with E-state index >= 15 is 0 Å². The number of ether oxygens (including phenoxy) is 2. The van der Waals surface area contributed by atoms with Crippen LogP contribution in [0.1, 0.15) is 35.9 Å². The van der Waals surface area contributed by atoms with Crippen molar-refractivity contribution in [1.82, 2.24) is 20.2 Å². The number of likely N-dealkylation sites (tertiary alicyclic amines) is 1. The van der Waals surface area contributed by atoms with Gasteiger partial charge in [-0.2, -0.15) is 13.2 Å². The van der Waals surface area contributed by atoms with Crippen LogP contribution in [0.25, 0.3) is 11.0 Å². The smallest absolute Gasteiger partial charge is 0.422 e. The highest BCUT2D eigenvalue weighted by molar-refractivity contribution is 6.03. The van der Waals surface area contributed by atoms with Gasteiger partial charge in [0.05, 0.1) is 29.6 Å². The van der Waals surface area contributed by atoms with E-state index in [4.69, 9.17) is 14.6 Å². The molecule has 1 aromatic carbocycles. The van der Waals surface area contributed by atoms with Crippen molar-refractivity contribution in [2.75, 3.05) is 38.7 Å². The Kier molecular flexibility index (Phi) is 8.48. The highest BCUT2D eigenvalue weighted by Crippen LogP contribution is 2.36. The zero-order valence-corrected chi connectivity index (χ0v) is 21.5. The van der Waals surface area contributed by atoms with Gasteiger partial charge in [-0.25, -0.2) is 4.98 Å². The number of nitrogens with zero attached hydrogens (tertiary/aromatic N) is 2. The third-order valence-electron chi connectivity index (χ3n) is 6.45. The Labute approximate surface area is 222 Å². The minimum Gasteiger partial charge on any atom is -0.495 e. The summed E-state index contributed by atoms with van der Waals surface area (Å²) in [7, 11) is 1.52. The Balaban J connectivity index is 1.66. The van der Waals surface area contributed by atoms with Gasteiger partial charge in [0.15, 0.2) is 12.4 Å². The third kappa shape index (κ3) is 6.53. The number of hydrogen-bond donors (Lipinski definition) is 4. The lowest BCUT2D eigenvalue weighted by Crippen LogP contribution is -2.47. The number of piperidine rings is 1. The van der Waals surface area contributed by atoms with Gasteiger partial charge in [-0.05, 0) is 37.5 Å². The monoisotopic (exact) mass is 549 g/mol. The molecule has 1 saturated heterocycles. The number of halogens is 3. The van der Waals surface area contributed by atoms with Crippen LogP contribution in [0, 0.1) is 0 Å². The van der Waals surface area contributed by atoms with E-state index in [1.54, 1.807) is 24.3 Å². The molecule has 0 atom stereocenters. The second kappa shape index (κ2) is 11.8. The van der Waals surface area contributed by atoms with Crippen molar-refractivity contribution in [1.29, 1.82) is 0 Å². The molecule has 0 spiro atoms. The van der Waals surface area contributed by atoms with Crippen LogP contribution in [0.15, 0.2) is 30.3 Å². The number of aryl methyl sites for hydroxylation is 1. The molecule has 10 nitrogen and oxygen atoms in total. The maximum absolute atomic E-state index is 13.2. The number of pyridine rings is 1. The molecule has 4 rings (SSSR count). The fourth-order valence-corrected chi connectivity index (χ4v) is 4.49. The molecule has 3 aromatic rings. The number of nitrogens with one attached hydrogen (secondary N) is 3. The molecule has 2 aromatic heterocycles. The summed E-state index contributed by atoms with van der Waals surface area (Å²) in [5.74, 6) is -0.733. The number of amides is 2. The number of fused-ring (bicyclic) bond motifs is 1. The van der Waals surface area contributed by atoms with Crippen molar-refractivity contribution in [3.05, 3.63) is 41.7 Å². The van der Waals surface area contributed by atoms with Crippen LogP contribution in [0.2, 0.25) is 0 Å². The molecular formula is C26H30F3N5O5. The first-order chi connectivity index (χ1) is 18.6. The van der Waals surface area contributed by atoms with E-state index in [-0.39, 0.29) is 28.5 Å². The van der Waals surface area contributed by atoms with Gasteiger partial charge in [0.1, 0.15) is 23.7 Å². The van der Waals surface area contributed by atoms with E-state index in [1.165, 1.54) is 12.0 Å². The number of para-hydroxylation sites is 2. The molecule has 13 heteroatoms. The van der Waals surface area contributed by atoms with E-state index in [0.717, 1.165) is 0 Å². The summed E-state index contributed by atoms with van der Waals surface area (Å²) in [6.07, 6.45) is -3.26. The predicted octanol–water partition coefficient (Wildman–Crippen LogP) is 3.53. The fourth-order valence-electron chi connectivity index (χ4n) is 4.49. The number of carbonyl (C=O) groups is 2. The molecule has 210 valence electrons. The van der Waals surface area contributed by atoms with Gasteiger partial charge in [-0.1, -0.05) is 19.1 Å². The molecule has 0 bridgehead atoms. The van der Waals surface area contributed by atoms with Gasteiger partial charge in [0.2, 0.25) is 5.91 Å². The van der Waals surface area contributed by atoms with Crippen LogP contribution in [-0.4, -0.2) is 77.4 Å². The summed E-state index contributed by atoms with van der Waals surface area (Å²) in [6, 6.07) is 8.46. The number of anilines is 2. The first kappa shape index (κ1) is 28.0. The molecule has 2 amide bonds. The SMILES string of the molecule is CCc1nc2[nH]c(C(=O)NC3CCN(C(=O)CO)CC3)c(OCC(F)(F)F)c2cc1Nc1ccccc1OC. The van der Waals surface area contributed by atoms with Crippen LogP contribution >= 0.6 is 0 Å². The van der Waals surface area contributed by atoms with Crippen molar-refractivity contribution >= 4 is 34.2 Å². The Hall–Kier alpha value is -4.00. The minimum absolute atomic E-state index is 0.174. The fraction of sp³-hybridized carbons (Fsp3) is 0.423. The lowest BCUT2D eigenvalue weighted by atomic mass is 10.0. The molecular weight excluding hydrogens is 519 g/mol. The number of alkyl halides is 3. The molecule has 0 unspecified atom stereocenters. The first-order valence-electron chi connectivity index (χ1n) is 12.5. The predicted molar refractivity (Wildman–Crippen MR) is 137 cm³/mol. The lowest BCUT2D eigenvalue weighted by molar-refractivity contribution is -0.153. The highest BCUT2D eigenvalue weighted by atomic mass is 19.4. The van der Waals surface area contributed by atoms with Crippen molar-refractivity contribution in [2.24, 2.45) is 0 Å². The van der Waals surface area contributed by atoms with Crippen LogP contribution < -0.4 is 20.1 Å². The van der Waals surface area contributed by atoms with Crippen molar-refractivity contribution in [3.63, 3.8) is 0 Å². The average molecular weight is 550 g/mol. The summed E-state index contributed by atoms with van der Waals surface area (Å²) in [6.45, 7) is 0.383. The zero-order chi connectivity index (χ0) is 28.2. The summed E-state index contributed by atoms with van der Waals surface area (Å²) >= 11 is 0. The number of rotatable bonds is 9. The number of aliphatic hydroxyl groups excluding tert-OH is 1. The molecule has 1 fully saturated rings. The number of hydrogen-bond acceptors (Lipinski definition) is 7. The number of carbonyl (C=O) groups excluding carboxylic acids is 2. The molecule has 4 N–H and O–H groups in total.